The zero-order valence-corrected chi connectivity index (χ0v) is 16.5. The summed E-state index contributed by atoms with van der Waals surface area (Å²) in [7, 11) is 0. The highest BCUT2D eigenvalue weighted by atomic mass is 16.5. The molecule has 1 aromatic heterocycles. The molecule has 4 rings (SSSR count). The fraction of sp³-hybridized carbons (Fsp3) is 0.304. The molecule has 0 radical (unpaired) electrons. The van der Waals surface area contributed by atoms with Gasteiger partial charge in [0.15, 0.2) is 0 Å². The molecule has 1 aliphatic rings. The number of para-hydroxylation sites is 1. The van der Waals surface area contributed by atoms with E-state index in [4.69, 9.17) is 4.74 Å². The van der Waals surface area contributed by atoms with Gasteiger partial charge in [-0.25, -0.2) is 4.98 Å². The van der Waals surface area contributed by atoms with Crippen LogP contribution in [0.5, 0.6) is 0 Å². The van der Waals surface area contributed by atoms with Gasteiger partial charge in [0.05, 0.1) is 10.9 Å². The van der Waals surface area contributed by atoms with E-state index in [-0.39, 0.29) is 23.9 Å². The Morgan fingerprint density at radius 2 is 1.83 bits per heavy atom. The topological polar surface area (TPSA) is 101 Å². The smallest absolute Gasteiger partial charge is 0.306 e. The highest BCUT2D eigenvalue weighted by Crippen LogP contribution is 2.23. The molecule has 7 heteroatoms. The summed E-state index contributed by atoms with van der Waals surface area (Å²) >= 11 is 0. The van der Waals surface area contributed by atoms with Gasteiger partial charge in [-0.3, -0.25) is 14.4 Å². The van der Waals surface area contributed by atoms with Crippen LogP contribution in [0.1, 0.15) is 43.2 Å². The molecule has 0 saturated heterocycles. The van der Waals surface area contributed by atoms with Crippen molar-refractivity contribution < 1.29 is 14.3 Å². The Morgan fingerprint density at radius 1 is 1.10 bits per heavy atom. The van der Waals surface area contributed by atoms with Crippen LogP contribution in [-0.2, 0) is 20.7 Å². The van der Waals surface area contributed by atoms with Crippen molar-refractivity contribution in [3.8, 4) is 0 Å². The molecule has 7 nitrogen and oxygen atoms in total. The van der Waals surface area contributed by atoms with E-state index in [0.717, 1.165) is 12.8 Å². The fourth-order valence-electron chi connectivity index (χ4n) is 3.25. The van der Waals surface area contributed by atoms with Crippen molar-refractivity contribution in [2.24, 2.45) is 0 Å². The van der Waals surface area contributed by atoms with Crippen LogP contribution in [0.2, 0.25) is 0 Å². The quantitative estimate of drug-likeness (QED) is 0.561. The van der Waals surface area contributed by atoms with Crippen molar-refractivity contribution in [1.82, 2.24) is 15.3 Å². The molecule has 1 aliphatic carbocycles. The lowest BCUT2D eigenvalue weighted by Gasteiger charge is -2.18. The van der Waals surface area contributed by atoms with Crippen LogP contribution in [0, 0.1) is 0 Å². The summed E-state index contributed by atoms with van der Waals surface area (Å²) in [5, 5.41) is 3.43. The summed E-state index contributed by atoms with van der Waals surface area (Å²) in [5.74, 6) is -0.229. The molecule has 1 amide bonds. The second-order valence-electron chi connectivity index (χ2n) is 7.45. The van der Waals surface area contributed by atoms with Crippen molar-refractivity contribution in [3.63, 3.8) is 0 Å². The van der Waals surface area contributed by atoms with Crippen molar-refractivity contribution in [2.75, 3.05) is 0 Å². The molecule has 1 fully saturated rings. The third-order valence-electron chi connectivity index (χ3n) is 4.97. The van der Waals surface area contributed by atoms with Crippen LogP contribution in [0.25, 0.3) is 10.9 Å². The lowest BCUT2D eigenvalue weighted by molar-refractivity contribution is -0.156. The lowest BCUT2D eigenvalue weighted by atomic mass is 10.1. The number of carbonyl (C=O) groups is 2. The van der Waals surface area contributed by atoms with Crippen molar-refractivity contribution in [3.05, 3.63) is 76.3 Å². The van der Waals surface area contributed by atoms with E-state index in [9.17, 15) is 14.4 Å². The molecule has 0 bridgehead atoms. The number of esters is 1. The number of fused-ring (bicyclic) bond motifs is 1. The molecule has 0 unspecified atom stereocenters. The Morgan fingerprint density at radius 3 is 2.60 bits per heavy atom. The normalized spacial score (nSPS) is 14.3. The number of ether oxygens (including phenoxy) is 1. The van der Waals surface area contributed by atoms with Crippen LogP contribution in [0.15, 0.2) is 59.4 Å². The summed E-state index contributed by atoms with van der Waals surface area (Å²) in [6, 6.07) is 16.3. The van der Waals surface area contributed by atoms with E-state index in [1.165, 1.54) is 0 Å². The van der Waals surface area contributed by atoms with Gasteiger partial charge in [0.1, 0.15) is 5.82 Å². The number of aryl methyl sites for hydroxylation is 1. The number of aromatic nitrogens is 2. The highest BCUT2D eigenvalue weighted by Gasteiger charge is 2.30. The molecular weight excluding hydrogens is 382 g/mol. The second kappa shape index (κ2) is 8.90. The molecule has 1 atom stereocenters. The number of rotatable bonds is 8. The first-order valence-electron chi connectivity index (χ1n) is 10.1. The summed E-state index contributed by atoms with van der Waals surface area (Å²) in [4.78, 5) is 44.3. The monoisotopic (exact) mass is 405 g/mol. The number of benzene rings is 2. The molecule has 30 heavy (non-hydrogen) atoms. The molecule has 3 aromatic rings. The highest BCUT2D eigenvalue weighted by molar-refractivity contribution is 5.85. The average Bonchev–Trinajstić information content (AvgIpc) is 3.56. The third kappa shape index (κ3) is 4.92. The van der Waals surface area contributed by atoms with Gasteiger partial charge in [-0.2, -0.15) is 0 Å². The zero-order valence-electron chi connectivity index (χ0n) is 16.5. The average molecular weight is 405 g/mol. The summed E-state index contributed by atoms with van der Waals surface area (Å²) in [5.41, 5.74) is 1.07. The van der Waals surface area contributed by atoms with E-state index in [1.54, 1.807) is 30.3 Å². The maximum atomic E-state index is 12.5. The Bertz CT molecular complexity index is 1110. The third-order valence-corrected chi connectivity index (χ3v) is 4.97. The first-order chi connectivity index (χ1) is 14.6. The molecule has 154 valence electrons. The second-order valence-corrected chi connectivity index (χ2v) is 7.45. The van der Waals surface area contributed by atoms with Gasteiger partial charge in [-0.1, -0.05) is 42.5 Å². The van der Waals surface area contributed by atoms with Crippen LogP contribution < -0.4 is 10.9 Å². The molecule has 1 heterocycles. The molecule has 2 aromatic carbocycles. The van der Waals surface area contributed by atoms with E-state index in [0.29, 0.717) is 35.1 Å². The lowest BCUT2D eigenvalue weighted by Crippen LogP contribution is -2.33. The van der Waals surface area contributed by atoms with E-state index < -0.39 is 12.1 Å². The van der Waals surface area contributed by atoms with Crippen molar-refractivity contribution in [1.29, 1.82) is 0 Å². The first-order valence-corrected chi connectivity index (χ1v) is 10.1. The van der Waals surface area contributed by atoms with E-state index in [1.807, 2.05) is 24.3 Å². The molecule has 0 aliphatic heterocycles. The predicted octanol–water partition coefficient (Wildman–Crippen LogP) is 2.81. The zero-order chi connectivity index (χ0) is 20.9. The first kappa shape index (κ1) is 19.8. The summed E-state index contributed by atoms with van der Waals surface area (Å²) in [6.07, 6.45) is 1.95. The van der Waals surface area contributed by atoms with Gasteiger partial charge in [-0.05, 0) is 31.4 Å². The minimum Gasteiger partial charge on any atom is -0.447 e. The summed E-state index contributed by atoms with van der Waals surface area (Å²) < 4.78 is 5.52. The standard InChI is InChI=1S/C23H23N3O4/c27-20(12-6-11-19-25-18-10-5-4-9-17(18)22(28)26-19)30-21(15-7-2-1-3-8-15)23(29)24-16-13-14-16/h1-5,7-10,16,21H,6,11-14H2,(H,24,29)(H,25,26,28)/t21-/m0/s1. The predicted molar refractivity (Wildman–Crippen MR) is 112 cm³/mol. The number of hydrogen-bond acceptors (Lipinski definition) is 5. The van der Waals surface area contributed by atoms with Gasteiger partial charge < -0.3 is 15.0 Å². The Hall–Kier alpha value is -3.48. The fourth-order valence-corrected chi connectivity index (χ4v) is 3.25. The Labute approximate surface area is 173 Å². The molecule has 2 N–H and O–H groups in total. The van der Waals surface area contributed by atoms with Gasteiger partial charge in [0.2, 0.25) is 6.10 Å². The molecular formula is C23H23N3O4. The number of nitrogens with one attached hydrogen (secondary N) is 2. The van der Waals surface area contributed by atoms with Crippen molar-refractivity contribution in [2.45, 2.75) is 44.2 Å². The largest absolute Gasteiger partial charge is 0.447 e. The van der Waals surface area contributed by atoms with E-state index in [2.05, 4.69) is 15.3 Å². The number of aromatic amines is 1. The van der Waals surface area contributed by atoms with Crippen LogP contribution in [0.3, 0.4) is 0 Å². The molecule has 0 spiro atoms. The number of carbonyl (C=O) groups excluding carboxylic acids is 2. The van der Waals surface area contributed by atoms with E-state index >= 15 is 0 Å². The Balaban J connectivity index is 1.36. The van der Waals surface area contributed by atoms with Crippen LogP contribution >= 0.6 is 0 Å². The van der Waals surface area contributed by atoms with Crippen LogP contribution in [0.4, 0.5) is 0 Å². The molecule has 1 saturated carbocycles. The van der Waals surface area contributed by atoms with Gasteiger partial charge in [0, 0.05) is 24.4 Å². The number of H-pyrrole nitrogens is 1. The number of amides is 1. The summed E-state index contributed by atoms with van der Waals surface area (Å²) in [6.45, 7) is 0. The minimum atomic E-state index is -0.960. The van der Waals surface area contributed by atoms with Gasteiger partial charge in [0.25, 0.3) is 11.5 Å². The number of hydrogen-bond donors (Lipinski definition) is 2. The van der Waals surface area contributed by atoms with Crippen LogP contribution in [-0.4, -0.2) is 27.9 Å². The van der Waals surface area contributed by atoms with Crippen molar-refractivity contribution >= 4 is 22.8 Å². The maximum absolute atomic E-state index is 12.5. The Kier molecular flexibility index (Phi) is 5.88. The number of nitrogens with zero attached hydrogens (tertiary/aromatic N) is 1. The maximum Gasteiger partial charge on any atom is 0.306 e. The minimum absolute atomic E-state index is 0.122. The van der Waals surface area contributed by atoms with Gasteiger partial charge >= 0.3 is 5.97 Å². The van der Waals surface area contributed by atoms with Gasteiger partial charge in [-0.15, -0.1) is 0 Å². The SMILES string of the molecule is O=C(CCCc1nc2ccccc2c(=O)[nH]1)O[C@H](C(=O)NC1CC1)c1ccccc1.